The van der Waals surface area contributed by atoms with Gasteiger partial charge in [-0.1, -0.05) is 42.3 Å². The number of hydrogen-bond donors (Lipinski definition) is 2. The van der Waals surface area contributed by atoms with Crippen molar-refractivity contribution in [3.05, 3.63) is 52.1 Å². The van der Waals surface area contributed by atoms with E-state index in [1.54, 1.807) is 12.3 Å². The van der Waals surface area contributed by atoms with Crippen LogP contribution in [0.2, 0.25) is 10.0 Å². The first kappa shape index (κ1) is 23.6. The zero-order valence-electron chi connectivity index (χ0n) is 18.6. The Balaban J connectivity index is 1.37. The SMILES string of the molecule is CC[C@H]1CN(c2ncc(N)cc2Cl)CCN1C1CCN([C@H](CO)c2ccc(Cl)cc2)CC1. The second-order valence-electron chi connectivity index (χ2n) is 8.84. The fourth-order valence-corrected chi connectivity index (χ4v) is 5.65. The molecule has 0 amide bonds. The van der Waals surface area contributed by atoms with Crippen LogP contribution < -0.4 is 10.6 Å². The van der Waals surface area contributed by atoms with Crippen molar-refractivity contribution in [2.24, 2.45) is 0 Å². The van der Waals surface area contributed by atoms with Gasteiger partial charge in [0, 0.05) is 49.8 Å². The van der Waals surface area contributed by atoms with E-state index in [1.807, 2.05) is 24.3 Å². The van der Waals surface area contributed by atoms with Crippen LogP contribution in [0.15, 0.2) is 36.5 Å². The average molecular weight is 478 g/mol. The number of aromatic nitrogens is 1. The van der Waals surface area contributed by atoms with E-state index in [0.717, 1.165) is 68.4 Å². The third-order valence-electron chi connectivity index (χ3n) is 6.98. The van der Waals surface area contributed by atoms with Crippen LogP contribution in [0.4, 0.5) is 11.5 Å². The van der Waals surface area contributed by atoms with Crippen LogP contribution in [-0.4, -0.2) is 71.3 Å². The molecule has 2 atom stereocenters. The van der Waals surface area contributed by atoms with E-state index >= 15 is 0 Å². The molecule has 2 aliphatic heterocycles. The summed E-state index contributed by atoms with van der Waals surface area (Å²) >= 11 is 12.5. The molecule has 0 aliphatic carbocycles. The minimum atomic E-state index is 0.0331. The van der Waals surface area contributed by atoms with Crippen LogP contribution in [-0.2, 0) is 0 Å². The van der Waals surface area contributed by atoms with Crippen molar-refractivity contribution in [1.29, 1.82) is 0 Å². The molecule has 0 saturated carbocycles. The summed E-state index contributed by atoms with van der Waals surface area (Å²) in [6.07, 6.45) is 5.00. The first-order chi connectivity index (χ1) is 15.5. The van der Waals surface area contributed by atoms with Crippen LogP contribution in [0, 0.1) is 0 Å². The second-order valence-corrected chi connectivity index (χ2v) is 9.68. The number of halogens is 2. The van der Waals surface area contributed by atoms with Gasteiger partial charge in [0.25, 0.3) is 0 Å². The van der Waals surface area contributed by atoms with Gasteiger partial charge in [-0.25, -0.2) is 4.98 Å². The molecular formula is C24H33Cl2N5O. The number of rotatable bonds is 6. The van der Waals surface area contributed by atoms with Crippen molar-refractivity contribution in [1.82, 2.24) is 14.8 Å². The van der Waals surface area contributed by atoms with Crippen molar-refractivity contribution < 1.29 is 5.11 Å². The zero-order valence-corrected chi connectivity index (χ0v) is 20.1. The minimum Gasteiger partial charge on any atom is -0.397 e. The number of nitrogens with two attached hydrogens (primary N) is 1. The normalized spacial score (nSPS) is 22.2. The zero-order chi connectivity index (χ0) is 22.7. The maximum atomic E-state index is 10.1. The highest BCUT2D eigenvalue weighted by Crippen LogP contribution is 2.31. The Labute approximate surface area is 200 Å². The van der Waals surface area contributed by atoms with Crippen LogP contribution >= 0.6 is 23.2 Å². The Hall–Kier alpha value is -1.57. The fourth-order valence-electron chi connectivity index (χ4n) is 5.23. The predicted molar refractivity (Wildman–Crippen MR) is 133 cm³/mol. The summed E-state index contributed by atoms with van der Waals surface area (Å²) < 4.78 is 0. The quantitative estimate of drug-likeness (QED) is 0.653. The van der Waals surface area contributed by atoms with E-state index in [9.17, 15) is 5.11 Å². The molecule has 32 heavy (non-hydrogen) atoms. The number of hydrogen-bond acceptors (Lipinski definition) is 6. The molecule has 2 aliphatic rings. The topological polar surface area (TPSA) is 68.9 Å². The highest BCUT2D eigenvalue weighted by molar-refractivity contribution is 6.33. The van der Waals surface area contributed by atoms with Gasteiger partial charge in [0.15, 0.2) is 0 Å². The molecule has 2 saturated heterocycles. The molecule has 2 aromatic rings. The highest BCUT2D eigenvalue weighted by Gasteiger charge is 2.35. The largest absolute Gasteiger partial charge is 0.397 e. The van der Waals surface area contributed by atoms with Gasteiger partial charge >= 0.3 is 0 Å². The van der Waals surface area contributed by atoms with Gasteiger partial charge in [-0.2, -0.15) is 0 Å². The van der Waals surface area contributed by atoms with Gasteiger partial charge in [0.1, 0.15) is 5.82 Å². The molecule has 0 spiro atoms. The molecule has 4 rings (SSSR count). The maximum Gasteiger partial charge on any atom is 0.147 e. The van der Waals surface area contributed by atoms with E-state index in [2.05, 4.69) is 26.6 Å². The van der Waals surface area contributed by atoms with E-state index in [4.69, 9.17) is 28.9 Å². The summed E-state index contributed by atoms with van der Waals surface area (Å²) in [6, 6.07) is 10.7. The number of aliphatic hydroxyl groups excluding tert-OH is 1. The Morgan fingerprint density at radius 1 is 1.12 bits per heavy atom. The smallest absolute Gasteiger partial charge is 0.147 e. The summed E-state index contributed by atoms with van der Waals surface area (Å²) in [6.45, 7) is 7.20. The molecule has 0 radical (unpaired) electrons. The summed E-state index contributed by atoms with van der Waals surface area (Å²) in [4.78, 5) is 11.9. The molecule has 2 fully saturated rings. The number of nitrogens with zero attached hydrogens (tertiary/aromatic N) is 4. The van der Waals surface area contributed by atoms with Gasteiger partial charge in [-0.3, -0.25) is 9.80 Å². The van der Waals surface area contributed by atoms with Gasteiger partial charge in [-0.15, -0.1) is 0 Å². The Kier molecular flexibility index (Phi) is 7.79. The first-order valence-corrected chi connectivity index (χ1v) is 12.3. The fraction of sp³-hybridized carbons (Fsp3) is 0.542. The van der Waals surface area contributed by atoms with Crippen molar-refractivity contribution in [2.45, 2.75) is 44.3 Å². The van der Waals surface area contributed by atoms with E-state index < -0.39 is 0 Å². The lowest BCUT2D eigenvalue weighted by Gasteiger charge is -2.48. The molecule has 0 unspecified atom stereocenters. The van der Waals surface area contributed by atoms with Gasteiger partial charge < -0.3 is 15.7 Å². The number of piperazine rings is 1. The van der Waals surface area contributed by atoms with Crippen LogP contribution in [0.5, 0.6) is 0 Å². The summed E-state index contributed by atoms with van der Waals surface area (Å²) in [5.74, 6) is 0.836. The van der Waals surface area contributed by atoms with Gasteiger partial charge in [0.2, 0.25) is 0 Å². The molecule has 3 N–H and O–H groups in total. The van der Waals surface area contributed by atoms with Crippen molar-refractivity contribution >= 4 is 34.7 Å². The van der Waals surface area contributed by atoms with Crippen LogP contribution in [0.1, 0.15) is 37.8 Å². The molecule has 174 valence electrons. The third-order valence-corrected chi connectivity index (χ3v) is 7.51. The molecule has 1 aromatic carbocycles. The Morgan fingerprint density at radius 3 is 2.47 bits per heavy atom. The van der Waals surface area contributed by atoms with Gasteiger partial charge in [0.05, 0.1) is 29.6 Å². The predicted octanol–water partition coefficient (Wildman–Crippen LogP) is 4.07. The van der Waals surface area contributed by atoms with Gasteiger partial charge in [-0.05, 0) is 43.0 Å². The Morgan fingerprint density at radius 2 is 1.84 bits per heavy atom. The average Bonchev–Trinajstić information content (AvgIpc) is 2.81. The number of pyridine rings is 1. The molecule has 0 bridgehead atoms. The lowest BCUT2D eigenvalue weighted by atomic mass is 9.96. The van der Waals surface area contributed by atoms with Crippen LogP contribution in [0.3, 0.4) is 0 Å². The number of aliphatic hydroxyl groups is 1. The van der Waals surface area contributed by atoms with Crippen molar-refractivity contribution in [3.63, 3.8) is 0 Å². The second kappa shape index (κ2) is 10.6. The third kappa shape index (κ3) is 5.15. The standard InChI is InChI=1S/C24H33Cl2N5O/c1-2-20-15-30(24-22(26)13-19(27)14-28-24)11-12-31(20)21-7-9-29(10-8-21)23(16-32)17-3-5-18(25)6-4-17/h3-6,13-14,20-21,23,32H,2,7-12,15-16,27H2,1H3/t20-,23+/m0/s1. The van der Waals surface area contributed by atoms with Crippen LogP contribution in [0.25, 0.3) is 0 Å². The number of benzene rings is 1. The van der Waals surface area contributed by atoms with E-state index in [1.165, 1.54) is 0 Å². The molecule has 8 heteroatoms. The summed E-state index contributed by atoms with van der Waals surface area (Å²) in [5, 5.41) is 11.4. The number of nitrogen functional groups attached to an aromatic ring is 1. The number of anilines is 2. The van der Waals surface area contributed by atoms with E-state index in [0.29, 0.717) is 22.8 Å². The lowest BCUT2D eigenvalue weighted by Crippen LogP contribution is -2.58. The highest BCUT2D eigenvalue weighted by atomic mass is 35.5. The van der Waals surface area contributed by atoms with Crippen molar-refractivity contribution in [3.8, 4) is 0 Å². The number of piperidine rings is 1. The lowest BCUT2D eigenvalue weighted by molar-refractivity contribution is 0.0356. The number of likely N-dealkylation sites (tertiary alicyclic amines) is 1. The van der Waals surface area contributed by atoms with Crippen molar-refractivity contribution in [2.75, 3.05) is 50.0 Å². The molecule has 1 aromatic heterocycles. The molecular weight excluding hydrogens is 445 g/mol. The van der Waals surface area contributed by atoms with E-state index in [-0.39, 0.29) is 12.6 Å². The summed E-state index contributed by atoms with van der Waals surface area (Å²) in [5.41, 5.74) is 7.54. The summed E-state index contributed by atoms with van der Waals surface area (Å²) in [7, 11) is 0. The minimum absolute atomic E-state index is 0.0331. The molecule has 6 nitrogen and oxygen atoms in total. The monoisotopic (exact) mass is 477 g/mol. The molecule has 3 heterocycles. The first-order valence-electron chi connectivity index (χ1n) is 11.5. The maximum absolute atomic E-state index is 10.1. The Bertz CT molecular complexity index is 888.